The fourth-order valence-corrected chi connectivity index (χ4v) is 5.91. The minimum Gasteiger partial charge on any atom is -0.444 e. The van der Waals surface area contributed by atoms with Gasteiger partial charge in [0, 0.05) is 24.0 Å². The Balaban J connectivity index is 1.51. The van der Waals surface area contributed by atoms with E-state index in [9.17, 15) is 14.8 Å². The Morgan fingerprint density at radius 1 is 1.23 bits per heavy atom. The molecule has 4 bridgehead atoms. The van der Waals surface area contributed by atoms with Gasteiger partial charge in [0.15, 0.2) is 0 Å². The molecule has 2 heterocycles. The van der Waals surface area contributed by atoms with E-state index < -0.39 is 11.7 Å². The molecule has 0 spiro atoms. The summed E-state index contributed by atoms with van der Waals surface area (Å²) in [5, 5.41) is 18.2. The Morgan fingerprint density at radius 3 is 2.35 bits per heavy atom. The molecule has 4 unspecified atom stereocenters. The third-order valence-electron chi connectivity index (χ3n) is 6.89. The van der Waals surface area contributed by atoms with Gasteiger partial charge in [-0.25, -0.2) is 4.79 Å². The molecule has 2 aliphatic heterocycles. The normalized spacial score (nSPS) is 33.7. The third kappa shape index (κ3) is 6.01. The van der Waals surface area contributed by atoms with Crippen LogP contribution < -0.4 is 10.6 Å². The summed E-state index contributed by atoms with van der Waals surface area (Å²) < 4.78 is 5.36. The van der Waals surface area contributed by atoms with Crippen LogP contribution in [0.1, 0.15) is 80.1 Å². The molecule has 0 aromatic carbocycles. The minimum absolute atomic E-state index is 0.0281. The maximum absolute atomic E-state index is 12.7. The molecule has 4 aliphatic rings. The Labute approximate surface area is 186 Å². The van der Waals surface area contributed by atoms with Crippen molar-refractivity contribution in [1.29, 1.82) is 0 Å². The fourth-order valence-electron chi connectivity index (χ4n) is 5.91. The Kier molecular flexibility index (Phi) is 7.06. The largest absolute Gasteiger partial charge is 0.444 e. The lowest BCUT2D eigenvalue weighted by molar-refractivity contribution is -0.274. The number of nitrogens with one attached hydrogen (secondary N) is 2. The second-order valence-electron chi connectivity index (χ2n) is 11.5. The average molecular weight is 436 g/mol. The molecule has 4 rings (SSSR count). The number of ether oxygens (including phenoxy) is 1. The molecule has 31 heavy (non-hydrogen) atoms. The van der Waals surface area contributed by atoms with Crippen molar-refractivity contribution in [3.05, 3.63) is 12.2 Å². The molecule has 4 fully saturated rings. The highest BCUT2D eigenvalue weighted by molar-refractivity contribution is 5.78. The van der Waals surface area contributed by atoms with Crippen LogP contribution in [0, 0.1) is 17.8 Å². The van der Waals surface area contributed by atoms with Gasteiger partial charge in [0.05, 0.1) is 6.04 Å². The van der Waals surface area contributed by atoms with Crippen molar-refractivity contribution in [3.8, 4) is 0 Å². The smallest absolute Gasteiger partial charge is 0.408 e. The van der Waals surface area contributed by atoms with Crippen LogP contribution >= 0.6 is 0 Å². The summed E-state index contributed by atoms with van der Waals surface area (Å²) in [4.78, 5) is 24.8. The van der Waals surface area contributed by atoms with Crippen LogP contribution in [0.15, 0.2) is 12.2 Å². The molecule has 0 radical (unpaired) electrons. The van der Waals surface area contributed by atoms with Gasteiger partial charge in [0.2, 0.25) is 5.91 Å². The first kappa shape index (κ1) is 24.1. The molecule has 2 saturated carbocycles. The predicted octanol–water partition coefficient (Wildman–Crippen LogP) is 4.01. The van der Waals surface area contributed by atoms with Gasteiger partial charge in [-0.3, -0.25) is 4.79 Å². The number of hydrogen-bond acceptors (Lipinski definition) is 5. The monoisotopic (exact) mass is 435 g/mol. The highest BCUT2D eigenvalue weighted by Gasteiger charge is 2.57. The zero-order chi connectivity index (χ0) is 23.0. The second-order valence-corrected chi connectivity index (χ2v) is 11.5. The van der Waals surface area contributed by atoms with Gasteiger partial charge < -0.3 is 20.6 Å². The molecule has 7 nitrogen and oxygen atoms in total. The molecule has 6 atom stereocenters. The fraction of sp³-hybridized carbons (Fsp3) is 0.833. The first-order valence-corrected chi connectivity index (χ1v) is 11.8. The number of nitrogens with zero attached hydrogens (tertiary/aromatic N) is 1. The number of hydrogen-bond donors (Lipinski definition) is 3. The first-order chi connectivity index (χ1) is 14.4. The molecule has 0 aromatic heterocycles. The van der Waals surface area contributed by atoms with Gasteiger partial charge in [-0.15, -0.1) is 0 Å². The van der Waals surface area contributed by atoms with Crippen molar-refractivity contribution in [3.63, 3.8) is 0 Å². The number of rotatable bonds is 7. The highest BCUT2D eigenvalue weighted by Crippen LogP contribution is 2.53. The van der Waals surface area contributed by atoms with E-state index in [1.165, 1.54) is 0 Å². The number of piperidine rings is 2. The van der Waals surface area contributed by atoms with Crippen LogP contribution in [0.25, 0.3) is 0 Å². The molecule has 176 valence electrons. The summed E-state index contributed by atoms with van der Waals surface area (Å²) in [5.41, 5.74) is -0.673. The summed E-state index contributed by atoms with van der Waals surface area (Å²) in [6.45, 7) is 11.9. The van der Waals surface area contributed by atoms with E-state index in [-0.39, 0.29) is 29.6 Å². The van der Waals surface area contributed by atoms with E-state index in [0.717, 1.165) is 32.1 Å². The third-order valence-corrected chi connectivity index (χ3v) is 6.89. The zero-order valence-corrected chi connectivity index (χ0v) is 20.0. The molecule has 2 amide bonds. The lowest BCUT2D eigenvalue weighted by Gasteiger charge is -2.62. The number of amides is 2. The van der Waals surface area contributed by atoms with Gasteiger partial charge in [0.1, 0.15) is 5.60 Å². The van der Waals surface area contributed by atoms with Gasteiger partial charge in [0.25, 0.3) is 0 Å². The van der Waals surface area contributed by atoms with Crippen LogP contribution in [0.5, 0.6) is 0 Å². The van der Waals surface area contributed by atoms with Gasteiger partial charge in [-0.2, -0.15) is 5.06 Å². The van der Waals surface area contributed by atoms with Crippen molar-refractivity contribution in [2.45, 2.75) is 109 Å². The van der Waals surface area contributed by atoms with Crippen molar-refractivity contribution in [2.24, 2.45) is 17.8 Å². The van der Waals surface area contributed by atoms with E-state index >= 15 is 0 Å². The Bertz CT molecular complexity index is 683. The standard InChI is InChI=1S/C24H41N3O4/c1-15(2)10-18(25-22(29)31-23(3,4)5)8-7-9-20(28)26-21-16-11-19-12-17(21)14-24(6,13-16)27(19)30/h7-8,15-19,21,30H,9-14H2,1-6H3,(H,25,29)(H,26,28)/b8-7+/t16-,17?,18+,19?,21?,24?/m0/s1. The lowest BCUT2D eigenvalue weighted by Crippen LogP contribution is -2.69. The topological polar surface area (TPSA) is 90.9 Å². The number of hydroxylamine groups is 2. The van der Waals surface area contributed by atoms with E-state index in [4.69, 9.17) is 4.74 Å². The predicted molar refractivity (Wildman–Crippen MR) is 120 cm³/mol. The summed E-state index contributed by atoms with van der Waals surface area (Å²) >= 11 is 0. The van der Waals surface area contributed by atoms with Gasteiger partial charge >= 0.3 is 6.09 Å². The van der Waals surface area contributed by atoms with Crippen LogP contribution in [0.4, 0.5) is 4.79 Å². The number of carbonyl (C=O) groups is 2. The zero-order valence-electron chi connectivity index (χ0n) is 20.0. The molecule has 2 saturated heterocycles. The van der Waals surface area contributed by atoms with Crippen LogP contribution in [-0.4, -0.2) is 51.5 Å². The summed E-state index contributed by atoms with van der Waals surface area (Å²) in [6.07, 6.45) is 8.19. The maximum Gasteiger partial charge on any atom is 0.408 e. The number of carbonyl (C=O) groups excluding carboxylic acids is 2. The quantitative estimate of drug-likeness (QED) is 0.526. The van der Waals surface area contributed by atoms with Crippen molar-refractivity contribution in [1.82, 2.24) is 15.7 Å². The van der Waals surface area contributed by atoms with E-state index in [2.05, 4.69) is 31.4 Å². The highest BCUT2D eigenvalue weighted by atomic mass is 16.6. The van der Waals surface area contributed by atoms with Crippen molar-refractivity contribution in [2.75, 3.05) is 0 Å². The average Bonchev–Trinajstić information content (AvgIpc) is 2.58. The molecule has 7 heteroatoms. The summed E-state index contributed by atoms with van der Waals surface area (Å²) in [5.74, 6) is 1.32. The molecular weight excluding hydrogens is 394 g/mol. The first-order valence-electron chi connectivity index (χ1n) is 11.8. The Morgan fingerprint density at radius 2 is 1.84 bits per heavy atom. The minimum atomic E-state index is -0.543. The summed E-state index contributed by atoms with van der Waals surface area (Å²) in [6, 6.07) is 0.288. The lowest BCUT2D eigenvalue weighted by atomic mass is 9.57. The molecular formula is C24H41N3O4. The van der Waals surface area contributed by atoms with Gasteiger partial charge in [-0.05, 0) is 77.6 Å². The maximum atomic E-state index is 12.7. The van der Waals surface area contributed by atoms with E-state index in [1.807, 2.05) is 32.9 Å². The van der Waals surface area contributed by atoms with Crippen LogP contribution in [-0.2, 0) is 9.53 Å². The molecule has 2 aliphatic carbocycles. The molecule has 3 N–H and O–H groups in total. The van der Waals surface area contributed by atoms with Crippen molar-refractivity contribution >= 4 is 12.0 Å². The molecule has 0 aromatic rings. The van der Waals surface area contributed by atoms with Gasteiger partial charge in [-0.1, -0.05) is 26.0 Å². The number of alkyl carbamates (subject to hydrolysis) is 1. The second kappa shape index (κ2) is 9.10. The summed E-state index contributed by atoms with van der Waals surface area (Å²) in [7, 11) is 0. The van der Waals surface area contributed by atoms with Crippen LogP contribution in [0.2, 0.25) is 0 Å². The van der Waals surface area contributed by atoms with E-state index in [0.29, 0.717) is 24.2 Å². The SMILES string of the molecule is CC(C)C[C@@H](/C=C/CC(=O)NC1C2CC3C[C@H]1CC(C)(C2)N3O)NC(=O)OC(C)(C)C. The van der Waals surface area contributed by atoms with E-state index in [1.54, 1.807) is 5.06 Å². The Hall–Kier alpha value is -1.60. The van der Waals surface area contributed by atoms with Crippen molar-refractivity contribution < 1.29 is 19.5 Å². The van der Waals surface area contributed by atoms with Crippen LogP contribution in [0.3, 0.4) is 0 Å².